The Balaban J connectivity index is 5.92. The summed E-state index contributed by atoms with van der Waals surface area (Å²) in [5.41, 5.74) is -1.06. The average Bonchev–Trinajstić information content (AvgIpc) is 2.77. The van der Waals surface area contributed by atoms with Crippen molar-refractivity contribution in [2.75, 3.05) is 19.8 Å². The van der Waals surface area contributed by atoms with E-state index in [9.17, 15) is 84.5 Å². The summed E-state index contributed by atoms with van der Waals surface area (Å²) in [5, 5.41) is 9.61. The number of rotatable bonds is 15. The first-order chi connectivity index (χ1) is 18.2. The van der Waals surface area contributed by atoms with Gasteiger partial charge in [-0.2, -0.15) is 74.6 Å². The fourth-order valence-electron chi connectivity index (χ4n) is 2.14. The third kappa shape index (κ3) is 8.83. The molecule has 0 saturated carbocycles. The number of hydrogen-bond donors (Lipinski definition) is 1. The molecule has 1 N–H and O–H groups in total. The minimum absolute atomic E-state index is 0.244. The van der Waals surface area contributed by atoms with Crippen LogP contribution in [-0.2, 0) is 23.7 Å². The Bertz CT molecular complexity index is 901. The maximum absolute atomic E-state index is 14.3. The van der Waals surface area contributed by atoms with Crippen LogP contribution < -0.4 is 0 Å². The molecule has 23 heteroatoms. The van der Waals surface area contributed by atoms with Crippen molar-refractivity contribution >= 4 is 5.97 Å². The topological polar surface area (TPSA) is 74.2 Å². The van der Waals surface area contributed by atoms with Crippen molar-refractivity contribution in [1.29, 1.82) is 0 Å². The number of esters is 1. The maximum Gasteiger partial charge on any atom is 0.462 e. The summed E-state index contributed by atoms with van der Waals surface area (Å²) in [4.78, 5) is 11.8. The quantitative estimate of drug-likeness (QED) is 0.120. The number of aliphatic hydroxyl groups is 1. The Kier molecular flexibility index (Phi) is 12.1. The number of carbonyl (C=O) groups excluding carboxylic acids is 1. The van der Waals surface area contributed by atoms with Gasteiger partial charge in [0.15, 0.2) is 0 Å². The minimum atomic E-state index is -7.98. The molecule has 0 aliphatic heterocycles. The van der Waals surface area contributed by atoms with Crippen molar-refractivity contribution in [3.63, 3.8) is 0 Å². The molecule has 252 valence electrons. The molecule has 0 aromatic rings. The summed E-state index contributed by atoms with van der Waals surface area (Å²) in [5.74, 6) is -23.0. The van der Waals surface area contributed by atoms with Gasteiger partial charge < -0.3 is 14.6 Å². The predicted molar refractivity (Wildman–Crippen MR) is 99.3 cm³/mol. The average molecular weight is 668 g/mol. The van der Waals surface area contributed by atoms with Gasteiger partial charge in [0.1, 0.15) is 13.2 Å². The molecule has 0 saturated heterocycles. The molecule has 0 rings (SSSR count). The van der Waals surface area contributed by atoms with E-state index in [1.54, 1.807) is 6.92 Å². The summed E-state index contributed by atoms with van der Waals surface area (Å²) in [6, 6.07) is 0. The lowest BCUT2D eigenvalue weighted by Crippen LogP contribution is -2.67. The van der Waals surface area contributed by atoms with Crippen LogP contribution in [0.2, 0.25) is 0 Å². The van der Waals surface area contributed by atoms with Crippen molar-refractivity contribution in [1.82, 2.24) is 0 Å². The molecule has 0 fully saturated rings. The van der Waals surface area contributed by atoms with Crippen LogP contribution in [0.5, 0.6) is 0 Å². The Morgan fingerprint density at radius 2 is 1.19 bits per heavy atom. The Hall–Kier alpha value is -1.88. The van der Waals surface area contributed by atoms with E-state index < -0.39 is 92.1 Å². The number of carbonyl (C=O) groups is 1. The molecule has 3 unspecified atom stereocenters. The number of halogens is 17. The summed E-state index contributed by atoms with van der Waals surface area (Å²) in [6.07, 6.45) is -40.6. The first-order valence-corrected chi connectivity index (χ1v) is 10.8. The molecular formula is C19H21F17O6. The van der Waals surface area contributed by atoms with Crippen LogP contribution in [0.4, 0.5) is 74.6 Å². The standard InChI is InChI=1S/C19H21F17O6/c1-4-11(2,3)10(38)40-7-9(37)5-6-39-8-12(20,15(24,25)26)41-19(35,36)14(23,17(30,31)32)42-18(33,34)13(21,22)16(27,28)29/h9,37H,4-8H2,1-3H3. The highest BCUT2D eigenvalue weighted by molar-refractivity contribution is 5.75. The van der Waals surface area contributed by atoms with Crippen LogP contribution in [0.1, 0.15) is 33.6 Å². The largest absolute Gasteiger partial charge is 0.463 e. The predicted octanol–water partition coefficient (Wildman–Crippen LogP) is 6.61. The summed E-state index contributed by atoms with van der Waals surface area (Å²) < 4.78 is 235. The number of hydrogen-bond acceptors (Lipinski definition) is 6. The normalized spacial score (nSPS) is 18.3. The molecule has 42 heavy (non-hydrogen) atoms. The van der Waals surface area contributed by atoms with Crippen LogP contribution in [-0.4, -0.2) is 85.4 Å². The fraction of sp³-hybridized carbons (Fsp3) is 0.947. The zero-order valence-electron chi connectivity index (χ0n) is 21.0. The lowest BCUT2D eigenvalue weighted by molar-refractivity contribution is -0.553. The highest BCUT2D eigenvalue weighted by Crippen LogP contribution is 2.56. The van der Waals surface area contributed by atoms with Gasteiger partial charge >= 0.3 is 54.3 Å². The second-order valence-electron chi connectivity index (χ2n) is 8.96. The van der Waals surface area contributed by atoms with Crippen molar-refractivity contribution in [2.24, 2.45) is 5.41 Å². The van der Waals surface area contributed by atoms with Crippen molar-refractivity contribution in [3.05, 3.63) is 0 Å². The Morgan fingerprint density at radius 3 is 1.57 bits per heavy atom. The van der Waals surface area contributed by atoms with Gasteiger partial charge in [-0.3, -0.25) is 14.3 Å². The van der Waals surface area contributed by atoms with Crippen LogP contribution in [0.15, 0.2) is 0 Å². The second kappa shape index (κ2) is 12.6. The van der Waals surface area contributed by atoms with E-state index >= 15 is 0 Å². The molecule has 0 spiro atoms. The highest BCUT2D eigenvalue weighted by atomic mass is 19.4. The minimum Gasteiger partial charge on any atom is -0.463 e. The molecule has 0 aliphatic carbocycles. The highest BCUT2D eigenvalue weighted by Gasteiger charge is 2.85. The molecule has 0 aromatic carbocycles. The van der Waals surface area contributed by atoms with Crippen LogP contribution in [0.3, 0.4) is 0 Å². The molecule has 0 radical (unpaired) electrons. The molecule has 0 aromatic heterocycles. The smallest absolute Gasteiger partial charge is 0.462 e. The van der Waals surface area contributed by atoms with E-state index in [0.29, 0.717) is 0 Å². The van der Waals surface area contributed by atoms with Gasteiger partial charge in [-0.15, -0.1) is 0 Å². The second-order valence-corrected chi connectivity index (χ2v) is 8.96. The summed E-state index contributed by atoms with van der Waals surface area (Å²) >= 11 is 0. The third-order valence-corrected chi connectivity index (χ3v) is 5.17. The first kappa shape index (κ1) is 40.1. The third-order valence-electron chi connectivity index (χ3n) is 5.17. The monoisotopic (exact) mass is 668 g/mol. The van der Waals surface area contributed by atoms with E-state index in [1.807, 2.05) is 0 Å². The van der Waals surface area contributed by atoms with Gasteiger partial charge in [-0.05, 0) is 26.7 Å². The molecular weight excluding hydrogens is 647 g/mol. The molecule has 0 amide bonds. The Labute approximate surface area is 224 Å². The van der Waals surface area contributed by atoms with Crippen LogP contribution in [0, 0.1) is 5.41 Å². The van der Waals surface area contributed by atoms with Crippen molar-refractivity contribution in [2.45, 2.75) is 88.1 Å². The zero-order chi connectivity index (χ0) is 34.0. The zero-order valence-corrected chi connectivity index (χ0v) is 21.0. The number of ether oxygens (including phenoxy) is 4. The van der Waals surface area contributed by atoms with E-state index in [1.165, 1.54) is 18.6 Å². The van der Waals surface area contributed by atoms with Crippen LogP contribution in [0.25, 0.3) is 0 Å². The number of aliphatic hydroxyl groups excluding tert-OH is 1. The van der Waals surface area contributed by atoms with E-state index in [4.69, 9.17) is 0 Å². The first-order valence-electron chi connectivity index (χ1n) is 10.8. The number of alkyl halides is 17. The lowest BCUT2D eigenvalue weighted by Gasteiger charge is -2.40. The van der Waals surface area contributed by atoms with E-state index in [0.717, 1.165) is 0 Å². The summed E-state index contributed by atoms with van der Waals surface area (Å²) in [7, 11) is 0. The van der Waals surface area contributed by atoms with Gasteiger partial charge in [0.05, 0.1) is 11.5 Å². The molecule has 3 atom stereocenters. The summed E-state index contributed by atoms with van der Waals surface area (Å²) in [6.45, 7) is -0.763. The SMILES string of the molecule is CCC(C)(C)C(=O)OCC(O)CCOCC(F)(OC(F)(F)C(F)(OC(F)(F)C(F)(F)C(F)(F)F)C(F)(F)F)C(F)(F)F. The van der Waals surface area contributed by atoms with Crippen LogP contribution >= 0.6 is 0 Å². The van der Waals surface area contributed by atoms with E-state index in [-0.39, 0.29) is 6.42 Å². The van der Waals surface area contributed by atoms with Crippen molar-refractivity contribution < 1.29 is 103 Å². The lowest BCUT2D eigenvalue weighted by atomic mass is 9.91. The van der Waals surface area contributed by atoms with Gasteiger partial charge in [-0.25, -0.2) is 0 Å². The van der Waals surface area contributed by atoms with E-state index in [2.05, 4.69) is 14.2 Å². The van der Waals surface area contributed by atoms with Gasteiger partial charge in [0.25, 0.3) is 0 Å². The molecule has 6 nitrogen and oxygen atoms in total. The fourth-order valence-corrected chi connectivity index (χ4v) is 2.14. The van der Waals surface area contributed by atoms with Gasteiger partial charge in [-0.1, -0.05) is 6.92 Å². The van der Waals surface area contributed by atoms with Crippen molar-refractivity contribution in [3.8, 4) is 0 Å². The van der Waals surface area contributed by atoms with Gasteiger partial charge in [0.2, 0.25) is 0 Å². The molecule has 0 bridgehead atoms. The maximum atomic E-state index is 14.3. The molecule has 0 aliphatic rings. The van der Waals surface area contributed by atoms with Gasteiger partial charge in [0, 0.05) is 6.61 Å². The molecule has 0 heterocycles. The Morgan fingerprint density at radius 1 is 0.714 bits per heavy atom.